The predicted octanol–water partition coefficient (Wildman–Crippen LogP) is 2.47. The zero-order chi connectivity index (χ0) is 14.3. The molecule has 106 valence electrons. The normalized spacial score (nSPS) is 10.6. The van der Waals surface area contributed by atoms with Crippen LogP contribution in [0.15, 0.2) is 18.2 Å². The van der Waals surface area contributed by atoms with Gasteiger partial charge in [-0.25, -0.2) is 0 Å². The highest BCUT2D eigenvalue weighted by Crippen LogP contribution is 2.27. The van der Waals surface area contributed by atoms with Crippen molar-refractivity contribution in [3.05, 3.63) is 29.3 Å². The number of nitrogens with one attached hydrogen (secondary N) is 1. The van der Waals surface area contributed by atoms with Gasteiger partial charge in [-0.3, -0.25) is 4.79 Å². The van der Waals surface area contributed by atoms with Gasteiger partial charge >= 0.3 is 5.97 Å². The number of ether oxygens (including phenoxy) is 2. The summed E-state index contributed by atoms with van der Waals surface area (Å²) in [4.78, 5) is 11.2. The Morgan fingerprint density at radius 1 is 1.37 bits per heavy atom. The van der Waals surface area contributed by atoms with Gasteiger partial charge in [-0.15, -0.1) is 0 Å². The van der Waals surface area contributed by atoms with Crippen molar-refractivity contribution < 1.29 is 14.3 Å². The van der Waals surface area contributed by atoms with Crippen molar-refractivity contribution in [2.75, 3.05) is 20.3 Å². The Bertz CT molecular complexity index is 416. The van der Waals surface area contributed by atoms with E-state index in [0.717, 1.165) is 11.3 Å². The molecule has 0 heterocycles. The third kappa shape index (κ3) is 4.91. The zero-order valence-electron chi connectivity index (χ0n) is 12.2. The monoisotopic (exact) mass is 265 g/mol. The Morgan fingerprint density at radius 3 is 2.68 bits per heavy atom. The first kappa shape index (κ1) is 15.5. The van der Waals surface area contributed by atoms with E-state index < -0.39 is 0 Å². The second-order valence-corrected chi connectivity index (χ2v) is 4.64. The molecule has 19 heavy (non-hydrogen) atoms. The Kier molecular flexibility index (Phi) is 6.36. The first-order valence-electron chi connectivity index (χ1n) is 6.61. The summed E-state index contributed by atoms with van der Waals surface area (Å²) in [5, 5.41) is 3.07. The summed E-state index contributed by atoms with van der Waals surface area (Å²) < 4.78 is 10.2. The van der Waals surface area contributed by atoms with Gasteiger partial charge in [0.1, 0.15) is 5.75 Å². The number of methoxy groups -OCH3 is 1. The van der Waals surface area contributed by atoms with E-state index in [1.165, 1.54) is 5.56 Å². The Hall–Kier alpha value is -1.55. The Balaban J connectivity index is 2.59. The average Bonchev–Trinajstić information content (AvgIpc) is 2.38. The summed E-state index contributed by atoms with van der Waals surface area (Å²) in [5.41, 5.74) is 2.31. The Labute approximate surface area is 115 Å². The van der Waals surface area contributed by atoms with Crippen molar-refractivity contribution in [2.45, 2.75) is 33.2 Å². The summed E-state index contributed by atoms with van der Waals surface area (Å²) in [5.74, 6) is 1.09. The van der Waals surface area contributed by atoms with Gasteiger partial charge in [0.2, 0.25) is 0 Å². The fraction of sp³-hybridized carbons (Fsp3) is 0.533. The molecule has 1 N–H and O–H groups in total. The summed E-state index contributed by atoms with van der Waals surface area (Å²) in [6, 6.07) is 6.08. The second-order valence-electron chi connectivity index (χ2n) is 4.64. The van der Waals surface area contributed by atoms with Crippen LogP contribution in [0.3, 0.4) is 0 Å². The molecule has 0 saturated carbocycles. The number of hydrogen-bond donors (Lipinski definition) is 1. The molecule has 0 fully saturated rings. The molecule has 4 heteroatoms. The quantitative estimate of drug-likeness (QED) is 0.769. The second kappa shape index (κ2) is 7.79. The smallest absolute Gasteiger partial charge is 0.319 e. The van der Waals surface area contributed by atoms with Crippen molar-refractivity contribution in [1.82, 2.24) is 5.32 Å². The maximum atomic E-state index is 11.2. The van der Waals surface area contributed by atoms with Crippen LogP contribution in [-0.4, -0.2) is 26.2 Å². The number of benzene rings is 1. The van der Waals surface area contributed by atoms with E-state index in [1.54, 1.807) is 14.0 Å². The summed E-state index contributed by atoms with van der Waals surface area (Å²) in [7, 11) is 1.68. The van der Waals surface area contributed by atoms with Crippen LogP contribution in [0.25, 0.3) is 0 Å². The van der Waals surface area contributed by atoms with E-state index >= 15 is 0 Å². The molecule has 1 aromatic carbocycles. The molecule has 4 nitrogen and oxygen atoms in total. The molecular formula is C15H23NO3. The lowest BCUT2D eigenvalue weighted by atomic mass is 9.99. The molecule has 0 unspecified atom stereocenters. The maximum absolute atomic E-state index is 11.2. The van der Waals surface area contributed by atoms with E-state index in [0.29, 0.717) is 19.1 Å². The van der Waals surface area contributed by atoms with Gasteiger partial charge in [-0.1, -0.05) is 26.0 Å². The first-order valence-corrected chi connectivity index (χ1v) is 6.61. The van der Waals surface area contributed by atoms with Gasteiger partial charge in [0.25, 0.3) is 0 Å². The van der Waals surface area contributed by atoms with Crippen molar-refractivity contribution in [2.24, 2.45) is 0 Å². The average molecular weight is 265 g/mol. The molecule has 0 amide bonds. The fourth-order valence-corrected chi connectivity index (χ4v) is 1.87. The highest BCUT2D eigenvalue weighted by atomic mass is 16.5. The van der Waals surface area contributed by atoms with Crippen LogP contribution in [-0.2, 0) is 16.1 Å². The SMILES string of the molecule is CCOC(=O)CNCc1ccc(OC)c(C(C)C)c1. The highest BCUT2D eigenvalue weighted by Gasteiger charge is 2.08. The number of carbonyl (C=O) groups excluding carboxylic acids is 1. The van der Waals surface area contributed by atoms with Crippen LogP contribution in [0.1, 0.15) is 37.8 Å². The Morgan fingerprint density at radius 2 is 2.11 bits per heavy atom. The predicted molar refractivity (Wildman–Crippen MR) is 75.4 cm³/mol. The van der Waals surface area contributed by atoms with E-state index in [1.807, 2.05) is 12.1 Å². The number of rotatable bonds is 7. The minimum atomic E-state index is -0.222. The van der Waals surface area contributed by atoms with E-state index in [4.69, 9.17) is 9.47 Å². The summed E-state index contributed by atoms with van der Waals surface area (Å²) >= 11 is 0. The van der Waals surface area contributed by atoms with Crippen LogP contribution in [0.5, 0.6) is 5.75 Å². The van der Waals surface area contributed by atoms with Crippen molar-refractivity contribution in [3.8, 4) is 5.75 Å². The van der Waals surface area contributed by atoms with Crippen LogP contribution in [0.2, 0.25) is 0 Å². The molecule has 0 spiro atoms. The lowest BCUT2D eigenvalue weighted by Gasteiger charge is -2.13. The topological polar surface area (TPSA) is 47.6 Å². The molecule has 1 rings (SSSR count). The molecule has 0 aromatic heterocycles. The lowest BCUT2D eigenvalue weighted by molar-refractivity contribution is -0.142. The molecule has 1 aromatic rings. The summed E-state index contributed by atoms with van der Waals surface area (Å²) in [6.07, 6.45) is 0. The minimum absolute atomic E-state index is 0.222. The van der Waals surface area contributed by atoms with Gasteiger partial charge in [0.05, 0.1) is 20.3 Å². The highest BCUT2D eigenvalue weighted by molar-refractivity contribution is 5.71. The minimum Gasteiger partial charge on any atom is -0.496 e. The van der Waals surface area contributed by atoms with E-state index in [-0.39, 0.29) is 12.5 Å². The van der Waals surface area contributed by atoms with Crippen LogP contribution >= 0.6 is 0 Å². The third-order valence-electron chi connectivity index (χ3n) is 2.82. The number of hydrogen-bond acceptors (Lipinski definition) is 4. The van der Waals surface area contributed by atoms with E-state index in [9.17, 15) is 4.79 Å². The molecular weight excluding hydrogens is 242 g/mol. The van der Waals surface area contributed by atoms with Gasteiger partial charge < -0.3 is 14.8 Å². The molecule has 0 radical (unpaired) electrons. The fourth-order valence-electron chi connectivity index (χ4n) is 1.87. The number of esters is 1. The molecule has 0 bridgehead atoms. The van der Waals surface area contributed by atoms with Crippen LogP contribution < -0.4 is 10.1 Å². The van der Waals surface area contributed by atoms with Gasteiger partial charge in [0, 0.05) is 6.54 Å². The van der Waals surface area contributed by atoms with Gasteiger partial charge in [0.15, 0.2) is 0 Å². The maximum Gasteiger partial charge on any atom is 0.319 e. The molecule has 0 aliphatic carbocycles. The molecule has 0 aliphatic rings. The van der Waals surface area contributed by atoms with E-state index in [2.05, 4.69) is 25.2 Å². The third-order valence-corrected chi connectivity index (χ3v) is 2.82. The van der Waals surface area contributed by atoms with Crippen LogP contribution in [0, 0.1) is 0 Å². The molecule has 0 aliphatic heterocycles. The van der Waals surface area contributed by atoms with Gasteiger partial charge in [-0.2, -0.15) is 0 Å². The molecule has 0 saturated heterocycles. The summed E-state index contributed by atoms with van der Waals surface area (Å²) in [6.45, 7) is 7.36. The lowest BCUT2D eigenvalue weighted by Crippen LogP contribution is -2.24. The van der Waals surface area contributed by atoms with Crippen molar-refractivity contribution in [1.29, 1.82) is 0 Å². The van der Waals surface area contributed by atoms with Crippen molar-refractivity contribution >= 4 is 5.97 Å². The molecule has 0 atom stereocenters. The van der Waals surface area contributed by atoms with Crippen LogP contribution in [0.4, 0.5) is 0 Å². The van der Waals surface area contributed by atoms with Crippen molar-refractivity contribution in [3.63, 3.8) is 0 Å². The first-order chi connectivity index (χ1) is 9.08. The zero-order valence-corrected chi connectivity index (χ0v) is 12.2. The van der Waals surface area contributed by atoms with Gasteiger partial charge in [-0.05, 0) is 30.0 Å². The largest absolute Gasteiger partial charge is 0.496 e. The number of carbonyl (C=O) groups is 1. The standard InChI is InChI=1S/C15H23NO3/c1-5-19-15(17)10-16-9-12-6-7-14(18-4)13(8-12)11(2)3/h6-8,11,16H,5,9-10H2,1-4H3.